The molecule has 0 spiro atoms. The number of nitrogens with zero attached hydrogens (tertiary/aromatic N) is 2. The first kappa shape index (κ1) is 13.6. The van der Waals surface area contributed by atoms with Crippen LogP contribution in [0.3, 0.4) is 0 Å². The number of aryl methyl sites for hydroxylation is 1. The predicted molar refractivity (Wildman–Crippen MR) is 85.6 cm³/mol. The number of nitrogens with one attached hydrogen (secondary N) is 1. The van der Waals surface area contributed by atoms with Crippen molar-refractivity contribution in [2.75, 3.05) is 6.54 Å². The number of thiophene rings is 1. The van der Waals surface area contributed by atoms with E-state index in [2.05, 4.69) is 36.5 Å². The van der Waals surface area contributed by atoms with E-state index in [1.165, 1.54) is 10.3 Å². The van der Waals surface area contributed by atoms with Crippen LogP contribution < -0.4 is 5.32 Å². The molecule has 2 aromatic heterocycles. The normalized spacial score (nSPS) is 12.9. The van der Waals surface area contributed by atoms with Gasteiger partial charge in [0.05, 0.1) is 21.6 Å². The van der Waals surface area contributed by atoms with Crippen molar-refractivity contribution in [1.82, 2.24) is 15.1 Å². The van der Waals surface area contributed by atoms with Crippen LogP contribution in [0.25, 0.3) is 10.9 Å². The van der Waals surface area contributed by atoms with E-state index >= 15 is 0 Å². The lowest BCUT2D eigenvalue weighted by molar-refractivity contribution is 0.612. The number of aromatic nitrogens is 2. The maximum atomic E-state index is 6.08. The van der Waals surface area contributed by atoms with Gasteiger partial charge < -0.3 is 5.32 Å². The third kappa shape index (κ3) is 2.35. The Morgan fingerprint density at radius 2 is 2.10 bits per heavy atom. The number of para-hydroxylation sites is 1. The zero-order valence-corrected chi connectivity index (χ0v) is 13.0. The Bertz CT molecular complexity index is 732. The van der Waals surface area contributed by atoms with Gasteiger partial charge in [0.1, 0.15) is 0 Å². The van der Waals surface area contributed by atoms with Gasteiger partial charge in [0.25, 0.3) is 0 Å². The summed E-state index contributed by atoms with van der Waals surface area (Å²) in [5.74, 6) is 0. The van der Waals surface area contributed by atoms with Gasteiger partial charge >= 0.3 is 0 Å². The summed E-state index contributed by atoms with van der Waals surface area (Å²) in [7, 11) is 1.98. The molecular formula is C15H16ClN3S. The fourth-order valence-corrected chi connectivity index (χ4v) is 3.61. The van der Waals surface area contributed by atoms with Crippen LogP contribution in [0.4, 0.5) is 0 Å². The molecule has 0 saturated carbocycles. The summed E-state index contributed by atoms with van der Waals surface area (Å²) in [6, 6.07) is 12.4. The minimum atomic E-state index is 0.0867. The zero-order valence-electron chi connectivity index (χ0n) is 11.4. The van der Waals surface area contributed by atoms with Crippen molar-refractivity contribution in [3.63, 3.8) is 0 Å². The third-order valence-corrected chi connectivity index (χ3v) is 4.64. The van der Waals surface area contributed by atoms with Crippen molar-refractivity contribution in [3.8, 4) is 0 Å². The fraction of sp³-hybridized carbons (Fsp3) is 0.267. The van der Waals surface area contributed by atoms with E-state index in [1.807, 2.05) is 23.9 Å². The van der Waals surface area contributed by atoms with E-state index in [9.17, 15) is 0 Å². The van der Waals surface area contributed by atoms with Gasteiger partial charge in [-0.25, -0.2) is 0 Å². The number of benzene rings is 1. The second-order valence-corrected chi connectivity index (χ2v) is 6.41. The summed E-state index contributed by atoms with van der Waals surface area (Å²) < 4.78 is 2.74. The van der Waals surface area contributed by atoms with E-state index in [4.69, 9.17) is 16.7 Å². The van der Waals surface area contributed by atoms with E-state index in [0.29, 0.717) is 0 Å². The molecule has 3 nitrogen and oxygen atoms in total. The number of hydrogen-bond acceptors (Lipinski definition) is 3. The second kappa shape index (κ2) is 5.56. The molecule has 1 atom stereocenters. The van der Waals surface area contributed by atoms with Crippen LogP contribution in [-0.2, 0) is 7.05 Å². The van der Waals surface area contributed by atoms with Gasteiger partial charge in [-0.15, -0.1) is 11.3 Å². The predicted octanol–water partition coefficient (Wildman–Crippen LogP) is 3.99. The highest BCUT2D eigenvalue weighted by molar-refractivity contribution is 7.16. The van der Waals surface area contributed by atoms with Gasteiger partial charge in [0.2, 0.25) is 0 Å². The van der Waals surface area contributed by atoms with Crippen molar-refractivity contribution in [2.24, 2.45) is 7.05 Å². The standard InChI is InChI=1S/C15H16ClN3S/c1-3-17-15(12-8-9-13(16)20-12)14-10-6-4-5-7-11(10)19(2)18-14/h4-9,15,17H,3H2,1-2H3. The molecule has 1 unspecified atom stereocenters. The van der Waals surface area contributed by atoms with E-state index in [-0.39, 0.29) is 6.04 Å². The van der Waals surface area contributed by atoms with Gasteiger partial charge in [-0.05, 0) is 24.7 Å². The van der Waals surface area contributed by atoms with Crippen molar-refractivity contribution in [3.05, 3.63) is 51.3 Å². The van der Waals surface area contributed by atoms with E-state index in [1.54, 1.807) is 11.3 Å². The Morgan fingerprint density at radius 1 is 1.30 bits per heavy atom. The quantitative estimate of drug-likeness (QED) is 0.790. The van der Waals surface area contributed by atoms with Gasteiger partial charge in [0, 0.05) is 17.3 Å². The highest BCUT2D eigenvalue weighted by Crippen LogP contribution is 2.33. The first-order chi connectivity index (χ1) is 9.70. The molecule has 0 amide bonds. The maximum Gasteiger partial charge on any atom is 0.0931 e. The van der Waals surface area contributed by atoms with Gasteiger partial charge in [-0.1, -0.05) is 36.7 Å². The van der Waals surface area contributed by atoms with Crippen molar-refractivity contribution >= 4 is 33.8 Å². The van der Waals surface area contributed by atoms with Crippen molar-refractivity contribution in [2.45, 2.75) is 13.0 Å². The summed E-state index contributed by atoms with van der Waals surface area (Å²) in [5, 5.41) is 9.41. The second-order valence-electron chi connectivity index (χ2n) is 4.66. The molecule has 104 valence electrons. The number of halogens is 1. The van der Waals surface area contributed by atoms with Crippen LogP contribution >= 0.6 is 22.9 Å². The summed E-state index contributed by atoms with van der Waals surface area (Å²) in [6.45, 7) is 2.98. The average Bonchev–Trinajstić information content (AvgIpc) is 3.02. The molecule has 0 aliphatic heterocycles. The highest BCUT2D eigenvalue weighted by Gasteiger charge is 2.21. The van der Waals surface area contributed by atoms with Crippen LogP contribution in [0.5, 0.6) is 0 Å². The first-order valence-electron chi connectivity index (χ1n) is 6.61. The highest BCUT2D eigenvalue weighted by atomic mass is 35.5. The molecule has 5 heteroatoms. The maximum absolute atomic E-state index is 6.08. The molecule has 0 aliphatic carbocycles. The van der Waals surface area contributed by atoms with Gasteiger partial charge in [0.15, 0.2) is 0 Å². The fourth-order valence-electron chi connectivity index (χ4n) is 2.47. The molecule has 0 saturated heterocycles. The molecule has 0 aliphatic rings. The Hall–Kier alpha value is -1.36. The summed E-state index contributed by atoms with van der Waals surface area (Å²) in [4.78, 5) is 1.20. The van der Waals surface area contributed by atoms with Crippen molar-refractivity contribution < 1.29 is 0 Å². The smallest absolute Gasteiger partial charge is 0.0931 e. The molecule has 0 radical (unpaired) electrons. The Balaban J connectivity index is 2.14. The minimum absolute atomic E-state index is 0.0867. The average molecular weight is 306 g/mol. The zero-order chi connectivity index (χ0) is 14.1. The van der Waals surface area contributed by atoms with Crippen LogP contribution in [0, 0.1) is 0 Å². The topological polar surface area (TPSA) is 29.9 Å². The molecule has 0 fully saturated rings. The monoisotopic (exact) mass is 305 g/mol. The van der Waals surface area contributed by atoms with E-state index < -0.39 is 0 Å². The lowest BCUT2D eigenvalue weighted by Crippen LogP contribution is -2.21. The molecule has 20 heavy (non-hydrogen) atoms. The molecule has 2 heterocycles. The lowest BCUT2D eigenvalue weighted by Gasteiger charge is -2.14. The molecule has 3 rings (SSSR count). The van der Waals surface area contributed by atoms with Gasteiger partial charge in [-0.2, -0.15) is 5.10 Å². The minimum Gasteiger partial charge on any atom is -0.304 e. The first-order valence-corrected chi connectivity index (χ1v) is 7.80. The van der Waals surface area contributed by atoms with Crippen LogP contribution in [0.2, 0.25) is 4.34 Å². The summed E-state index contributed by atoms with van der Waals surface area (Å²) >= 11 is 7.68. The molecule has 0 bridgehead atoms. The van der Waals surface area contributed by atoms with Crippen LogP contribution in [0.1, 0.15) is 23.5 Å². The Morgan fingerprint density at radius 3 is 2.80 bits per heavy atom. The number of fused-ring (bicyclic) bond motifs is 1. The van der Waals surface area contributed by atoms with Crippen LogP contribution in [0.15, 0.2) is 36.4 Å². The molecule has 1 N–H and O–H groups in total. The summed E-state index contributed by atoms with van der Waals surface area (Å²) in [5.41, 5.74) is 2.21. The Labute approximate surface area is 127 Å². The number of rotatable bonds is 4. The van der Waals surface area contributed by atoms with Crippen molar-refractivity contribution in [1.29, 1.82) is 0 Å². The SMILES string of the molecule is CCNC(c1ccc(Cl)s1)c1nn(C)c2ccccc12. The largest absolute Gasteiger partial charge is 0.304 e. The Kier molecular flexibility index (Phi) is 3.78. The van der Waals surface area contributed by atoms with E-state index in [0.717, 1.165) is 22.1 Å². The van der Waals surface area contributed by atoms with Crippen LogP contribution in [-0.4, -0.2) is 16.3 Å². The lowest BCUT2D eigenvalue weighted by atomic mass is 10.1. The molecular weight excluding hydrogens is 290 g/mol. The molecule has 3 aromatic rings. The number of hydrogen-bond donors (Lipinski definition) is 1. The van der Waals surface area contributed by atoms with Gasteiger partial charge in [-0.3, -0.25) is 4.68 Å². The summed E-state index contributed by atoms with van der Waals surface area (Å²) in [6.07, 6.45) is 0. The third-order valence-electron chi connectivity index (χ3n) is 3.35. The molecule has 1 aromatic carbocycles.